The lowest BCUT2D eigenvalue weighted by Gasteiger charge is -2.09. The molecule has 0 bridgehead atoms. The van der Waals surface area contributed by atoms with Crippen LogP contribution in [0.1, 0.15) is 11.6 Å². The first-order valence-electron chi connectivity index (χ1n) is 3.56. The van der Waals surface area contributed by atoms with Crippen molar-refractivity contribution in [3.63, 3.8) is 0 Å². The van der Waals surface area contributed by atoms with Gasteiger partial charge in [0.25, 0.3) is 0 Å². The molecule has 0 aliphatic heterocycles. The van der Waals surface area contributed by atoms with Crippen LogP contribution in [-0.2, 0) is 4.79 Å². The Hall–Kier alpha value is -1.62. The number of carboxylic acid groups (broad SMARTS) is 1. The number of para-hydroxylation sites is 1. The standard InChI is InChI=1S/C8H9FN2O2/c9-5-3-1-2-4(6(5)10)7(11)8(12)13/h1-3,7H,10-11H2,(H,12,13). The van der Waals surface area contributed by atoms with E-state index < -0.39 is 17.8 Å². The highest BCUT2D eigenvalue weighted by Crippen LogP contribution is 2.21. The molecule has 0 spiro atoms. The number of halogens is 1. The molecule has 0 aliphatic rings. The summed E-state index contributed by atoms with van der Waals surface area (Å²) in [6, 6.07) is 2.62. The number of benzene rings is 1. The lowest BCUT2D eigenvalue weighted by atomic mass is 10.1. The second kappa shape index (κ2) is 3.40. The fourth-order valence-electron chi connectivity index (χ4n) is 0.958. The molecule has 0 aromatic heterocycles. The third kappa shape index (κ3) is 1.75. The number of hydrogen-bond donors (Lipinski definition) is 3. The van der Waals surface area contributed by atoms with Crippen molar-refractivity contribution in [2.24, 2.45) is 5.73 Å². The van der Waals surface area contributed by atoms with Crippen LogP contribution in [0.4, 0.5) is 10.1 Å². The van der Waals surface area contributed by atoms with Crippen LogP contribution in [0.2, 0.25) is 0 Å². The van der Waals surface area contributed by atoms with Crippen molar-refractivity contribution in [3.05, 3.63) is 29.6 Å². The molecule has 0 aliphatic carbocycles. The van der Waals surface area contributed by atoms with Gasteiger partial charge in [-0.2, -0.15) is 0 Å². The Kier molecular flexibility index (Phi) is 2.48. The highest BCUT2D eigenvalue weighted by Gasteiger charge is 2.18. The Labute approximate surface area is 74.0 Å². The third-order valence-electron chi connectivity index (χ3n) is 1.69. The Balaban J connectivity index is 3.15. The second-order valence-electron chi connectivity index (χ2n) is 2.56. The Bertz CT molecular complexity index is 341. The van der Waals surface area contributed by atoms with E-state index >= 15 is 0 Å². The molecule has 1 rings (SSSR count). The average Bonchev–Trinajstić information content (AvgIpc) is 2.08. The van der Waals surface area contributed by atoms with Crippen molar-refractivity contribution in [2.75, 3.05) is 5.73 Å². The molecule has 0 fully saturated rings. The zero-order valence-corrected chi connectivity index (χ0v) is 6.70. The number of carbonyl (C=O) groups is 1. The summed E-state index contributed by atoms with van der Waals surface area (Å²) in [6.45, 7) is 0. The smallest absolute Gasteiger partial charge is 0.325 e. The number of rotatable bonds is 2. The SMILES string of the molecule is Nc1c(F)cccc1C(N)C(=O)O. The lowest BCUT2D eigenvalue weighted by molar-refractivity contribution is -0.138. The highest BCUT2D eigenvalue weighted by molar-refractivity contribution is 5.77. The monoisotopic (exact) mass is 184 g/mol. The van der Waals surface area contributed by atoms with Gasteiger partial charge in [0, 0.05) is 5.56 Å². The predicted molar refractivity (Wildman–Crippen MR) is 45.4 cm³/mol. The van der Waals surface area contributed by atoms with Crippen LogP contribution in [0.3, 0.4) is 0 Å². The van der Waals surface area contributed by atoms with Gasteiger partial charge in [-0.05, 0) is 6.07 Å². The fourth-order valence-corrected chi connectivity index (χ4v) is 0.958. The lowest BCUT2D eigenvalue weighted by Crippen LogP contribution is -2.22. The van der Waals surface area contributed by atoms with Crippen molar-refractivity contribution in [1.82, 2.24) is 0 Å². The molecule has 0 saturated heterocycles. The average molecular weight is 184 g/mol. The molecular formula is C8H9FN2O2. The van der Waals surface area contributed by atoms with Crippen molar-refractivity contribution in [3.8, 4) is 0 Å². The quantitative estimate of drug-likeness (QED) is 0.583. The predicted octanol–water partition coefficient (Wildman–Crippen LogP) is 0.492. The Morgan fingerprint density at radius 3 is 2.69 bits per heavy atom. The minimum absolute atomic E-state index is 0.0903. The van der Waals surface area contributed by atoms with Crippen LogP contribution in [0, 0.1) is 5.82 Å². The summed E-state index contributed by atoms with van der Waals surface area (Å²) in [5.74, 6) is -1.90. The van der Waals surface area contributed by atoms with Gasteiger partial charge in [0.2, 0.25) is 0 Å². The van der Waals surface area contributed by atoms with Gasteiger partial charge in [0.1, 0.15) is 11.9 Å². The Morgan fingerprint density at radius 2 is 2.15 bits per heavy atom. The van der Waals surface area contributed by atoms with E-state index in [4.69, 9.17) is 16.6 Å². The molecule has 1 aromatic rings. The van der Waals surface area contributed by atoms with E-state index in [2.05, 4.69) is 0 Å². The molecule has 1 atom stereocenters. The zero-order valence-electron chi connectivity index (χ0n) is 6.70. The first-order valence-corrected chi connectivity index (χ1v) is 3.56. The topological polar surface area (TPSA) is 89.3 Å². The zero-order chi connectivity index (χ0) is 10.0. The van der Waals surface area contributed by atoms with Crippen LogP contribution in [-0.4, -0.2) is 11.1 Å². The summed E-state index contributed by atoms with van der Waals surface area (Å²) in [4.78, 5) is 10.5. The molecular weight excluding hydrogens is 175 g/mol. The van der Waals surface area contributed by atoms with Gasteiger partial charge < -0.3 is 16.6 Å². The van der Waals surface area contributed by atoms with Crippen molar-refractivity contribution in [1.29, 1.82) is 0 Å². The van der Waals surface area contributed by atoms with Gasteiger partial charge in [-0.25, -0.2) is 4.39 Å². The summed E-state index contributed by atoms with van der Waals surface area (Å²) in [5, 5.41) is 8.55. The molecule has 13 heavy (non-hydrogen) atoms. The largest absolute Gasteiger partial charge is 0.480 e. The van der Waals surface area contributed by atoms with E-state index in [0.29, 0.717) is 0 Å². The number of nitrogens with two attached hydrogens (primary N) is 2. The maximum absolute atomic E-state index is 12.8. The summed E-state index contributed by atoms with van der Waals surface area (Å²) < 4.78 is 12.8. The van der Waals surface area contributed by atoms with Gasteiger partial charge in [-0.15, -0.1) is 0 Å². The molecule has 1 unspecified atom stereocenters. The van der Waals surface area contributed by atoms with Gasteiger partial charge in [0.05, 0.1) is 5.69 Å². The van der Waals surface area contributed by atoms with E-state index in [9.17, 15) is 9.18 Å². The molecule has 70 valence electrons. The van der Waals surface area contributed by atoms with Gasteiger partial charge in [-0.3, -0.25) is 4.79 Å². The van der Waals surface area contributed by atoms with Crippen LogP contribution in [0.25, 0.3) is 0 Å². The molecule has 5 heteroatoms. The number of anilines is 1. The van der Waals surface area contributed by atoms with Gasteiger partial charge >= 0.3 is 5.97 Å². The van der Waals surface area contributed by atoms with E-state index in [0.717, 1.165) is 6.07 Å². The molecule has 0 radical (unpaired) electrons. The third-order valence-corrected chi connectivity index (χ3v) is 1.69. The van der Waals surface area contributed by atoms with E-state index in [1.165, 1.54) is 12.1 Å². The number of hydrogen-bond acceptors (Lipinski definition) is 3. The second-order valence-corrected chi connectivity index (χ2v) is 2.56. The van der Waals surface area contributed by atoms with Crippen LogP contribution >= 0.6 is 0 Å². The van der Waals surface area contributed by atoms with E-state index in [-0.39, 0.29) is 11.3 Å². The van der Waals surface area contributed by atoms with Gasteiger partial charge in [0.15, 0.2) is 0 Å². The van der Waals surface area contributed by atoms with Crippen LogP contribution in [0.5, 0.6) is 0 Å². The maximum Gasteiger partial charge on any atom is 0.325 e. The summed E-state index contributed by atoms with van der Waals surface area (Å²) in [7, 11) is 0. The van der Waals surface area contributed by atoms with E-state index in [1.807, 2.05) is 0 Å². The highest BCUT2D eigenvalue weighted by atomic mass is 19.1. The molecule has 1 aromatic carbocycles. The van der Waals surface area contributed by atoms with Gasteiger partial charge in [-0.1, -0.05) is 12.1 Å². The molecule has 5 N–H and O–H groups in total. The Morgan fingerprint density at radius 1 is 1.54 bits per heavy atom. The molecule has 0 saturated carbocycles. The molecule has 0 amide bonds. The first-order chi connectivity index (χ1) is 6.04. The number of aliphatic carboxylic acids is 1. The minimum atomic E-state index is -1.28. The minimum Gasteiger partial charge on any atom is -0.480 e. The number of carboxylic acids is 1. The maximum atomic E-state index is 12.8. The summed E-state index contributed by atoms with van der Waals surface area (Å²) >= 11 is 0. The van der Waals surface area contributed by atoms with Crippen molar-refractivity contribution >= 4 is 11.7 Å². The molecule has 4 nitrogen and oxygen atoms in total. The number of nitrogen functional groups attached to an aromatic ring is 1. The van der Waals surface area contributed by atoms with Crippen molar-refractivity contribution in [2.45, 2.75) is 6.04 Å². The first kappa shape index (κ1) is 9.47. The van der Waals surface area contributed by atoms with Crippen LogP contribution < -0.4 is 11.5 Å². The summed E-state index contributed by atoms with van der Waals surface area (Å²) in [6.07, 6.45) is 0. The van der Waals surface area contributed by atoms with Crippen LogP contribution in [0.15, 0.2) is 18.2 Å². The van der Waals surface area contributed by atoms with E-state index in [1.54, 1.807) is 0 Å². The van der Waals surface area contributed by atoms with Crippen molar-refractivity contribution < 1.29 is 14.3 Å². The summed E-state index contributed by atoms with van der Waals surface area (Å²) in [5.41, 5.74) is 10.4. The fraction of sp³-hybridized carbons (Fsp3) is 0.125. The molecule has 0 heterocycles. The normalized spacial score (nSPS) is 12.5.